The first kappa shape index (κ1) is 27.6. The maximum atomic E-state index is 12.0. The van der Waals surface area contributed by atoms with Crippen LogP contribution in [0.15, 0.2) is 108 Å². The predicted octanol–water partition coefficient (Wildman–Crippen LogP) is 7.23. The van der Waals surface area contributed by atoms with Crippen LogP contribution in [0.25, 0.3) is 28.1 Å². The average molecular weight is 565 g/mol. The third-order valence-electron chi connectivity index (χ3n) is 6.65. The fraction of sp³-hybridized carbons (Fsp3) is 0.0909. The number of aromatic nitrogens is 2. The van der Waals surface area contributed by atoms with Gasteiger partial charge in [0.25, 0.3) is 0 Å². The topological polar surface area (TPSA) is 109 Å². The number of carboxylic acids is 1. The summed E-state index contributed by atoms with van der Waals surface area (Å²) in [6.45, 7) is 2.10. The highest BCUT2D eigenvalue weighted by Gasteiger charge is 2.15. The summed E-state index contributed by atoms with van der Waals surface area (Å²) in [6.07, 6.45) is 6.36. The van der Waals surface area contributed by atoms with Crippen molar-refractivity contribution < 1.29 is 23.1 Å². The maximum Gasteiger partial charge on any atom is 0.328 e. The van der Waals surface area contributed by atoms with Crippen LogP contribution in [0.4, 0.5) is 0 Å². The molecule has 5 rings (SSSR count). The molecule has 0 aliphatic carbocycles. The quantitative estimate of drug-likeness (QED) is 0.144. The second-order valence-corrected chi connectivity index (χ2v) is 11.6. The number of rotatable bonds is 9. The van der Waals surface area contributed by atoms with E-state index in [0.29, 0.717) is 17.9 Å². The van der Waals surface area contributed by atoms with Crippen molar-refractivity contribution in [2.75, 3.05) is 6.26 Å². The van der Waals surface area contributed by atoms with Gasteiger partial charge in [0.2, 0.25) is 0 Å². The number of allylic oxidation sites excluding steroid dienone is 1. The van der Waals surface area contributed by atoms with Gasteiger partial charge >= 0.3 is 5.97 Å². The zero-order valence-corrected chi connectivity index (χ0v) is 23.4. The highest BCUT2D eigenvalue weighted by Crippen LogP contribution is 2.37. The number of hydrogen-bond acceptors (Lipinski definition) is 5. The van der Waals surface area contributed by atoms with E-state index in [-0.39, 0.29) is 4.90 Å². The minimum Gasteiger partial charge on any atom is -0.478 e. The van der Waals surface area contributed by atoms with Gasteiger partial charge in [0.1, 0.15) is 11.5 Å². The van der Waals surface area contributed by atoms with Gasteiger partial charge in [-0.15, -0.1) is 0 Å². The molecule has 1 heterocycles. The molecule has 0 spiro atoms. The van der Waals surface area contributed by atoms with Crippen LogP contribution in [0.2, 0.25) is 0 Å². The van der Waals surface area contributed by atoms with Gasteiger partial charge in [0, 0.05) is 17.7 Å². The smallest absolute Gasteiger partial charge is 0.328 e. The van der Waals surface area contributed by atoms with E-state index in [1.54, 1.807) is 30.5 Å². The molecule has 0 fully saturated rings. The first-order chi connectivity index (χ1) is 19.7. The zero-order valence-electron chi connectivity index (χ0n) is 22.5. The lowest BCUT2D eigenvalue weighted by Crippen LogP contribution is -1.97. The summed E-state index contributed by atoms with van der Waals surface area (Å²) in [6, 6.07) is 28.1. The van der Waals surface area contributed by atoms with Crippen molar-refractivity contribution in [3.8, 4) is 11.5 Å². The van der Waals surface area contributed by atoms with Crippen LogP contribution in [0.3, 0.4) is 0 Å². The summed E-state index contributed by atoms with van der Waals surface area (Å²) in [5, 5.41) is 17.1. The van der Waals surface area contributed by atoms with Crippen LogP contribution in [0.5, 0.6) is 11.5 Å². The molecule has 8 heteroatoms. The summed E-state index contributed by atoms with van der Waals surface area (Å²) in [5.41, 5.74) is 6.78. The number of ether oxygens (including phenoxy) is 1. The highest BCUT2D eigenvalue weighted by atomic mass is 32.2. The molecule has 0 saturated heterocycles. The fourth-order valence-electron chi connectivity index (χ4n) is 4.72. The number of aliphatic carboxylic acids is 1. The van der Waals surface area contributed by atoms with E-state index in [1.807, 2.05) is 54.6 Å². The van der Waals surface area contributed by atoms with Crippen LogP contribution in [0, 0.1) is 0 Å². The van der Waals surface area contributed by atoms with Gasteiger partial charge in [-0.2, -0.15) is 5.10 Å². The third kappa shape index (κ3) is 6.45. The van der Waals surface area contributed by atoms with E-state index in [9.17, 15) is 13.2 Å². The number of hydrogen-bond donors (Lipinski definition) is 2. The van der Waals surface area contributed by atoms with E-state index in [2.05, 4.69) is 29.3 Å². The first-order valence-electron chi connectivity index (χ1n) is 13.0. The number of carboxylic acid groups (broad SMARTS) is 1. The van der Waals surface area contributed by atoms with Crippen LogP contribution < -0.4 is 4.74 Å². The van der Waals surface area contributed by atoms with Crippen LogP contribution in [-0.4, -0.2) is 35.9 Å². The molecule has 5 aromatic rings. The van der Waals surface area contributed by atoms with Gasteiger partial charge in [-0.05, 0) is 88.4 Å². The van der Waals surface area contributed by atoms with Crippen molar-refractivity contribution in [1.82, 2.24) is 10.2 Å². The Morgan fingerprint density at radius 1 is 0.902 bits per heavy atom. The Morgan fingerprint density at radius 2 is 1.61 bits per heavy atom. The van der Waals surface area contributed by atoms with Crippen molar-refractivity contribution in [3.63, 3.8) is 0 Å². The number of nitrogens with one attached hydrogen (secondary N) is 1. The molecular weight excluding hydrogens is 536 g/mol. The van der Waals surface area contributed by atoms with Gasteiger partial charge in [0.15, 0.2) is 9.84 Å². The van der Waals surface area contributed by atoms with Crippen molar-refractivity contribution in [3.05, 3.63) is 126 Å². The van der Waals surface area contributed by atoms with E-state index < -0.39 is 15.8 Å². The molecule has 1 aromatic heterocycles. The zero-order chi connectivity index (χ0) is 29.0. The highest BCUT2D eigenvalue weighted by molar-refractivity contribution is 7.90. The molecule has 0 saturated carbocycles. The van der Waals surface area contributed by atoms with Gasteiger partial charge in [-0.3, -0.25) is 5.10 Å². The summed E-state index contributed by atoms with van der Waals surface area (Å²) in [4.78, 5) is 11.2. The molecule has 41 heavy (non-hydrogen) atoms. The van der Waals surface area contributed by atoms with Crippen LogP contribution in [-0.2, 0) is 14.6 Å². The minimum atomic E-state index is -3.37. The average Bonchev–Trinajstić information content (AvgIpc) is 3.43. The van der Waals surface area contributed by atoms with Crippen molar-refractivity contribution in [1.29, 1.82) is 0 Å². The molecule has 0 radical (unpaired) electrons. The molecule has 0 atom stereocenters. The molecule has 7 nitrogen and oxygen atoms in total. The molecule has 0 bridgehead atoms. The van der Waals surface area contributed by atoms with Crippen molar-refractivity contribution >= 4 is 43.9 Å². The number of benzene rings is 4. The Balaban J connectivity index is 1.61. The lowest BCUT2D eigenvalue weighted by atomic mass is 9.87. The van der Waals surface area contributed by atoms with Crippen molar-refractivity contribution in [2.45, 2.75) is 18.2 Å². The molecule has 0 aliphatic heterocycles. The number of sulfone groups is 1. The Kier molecular flexibility index (Phi) is 7.85. The lowest BCUT2D eigenvalue weighted by Gasteiger charge is -2.17. The maximum absolute atomic E-state index is 12.0. The molecule has 0 unspecified atom stereocenters. The third-order valence-corrected chi connectivity index (χ3v) is 7.76. The number of carbonyl (C=O) groups is 1. The van der Waals surface area contributed by atoms with Crippen molar-refractivity contribution in [2.24, 2.45) is 0 Å². The van der Waals surface area contributed by atoms with Gasteiger partial charge in [-0.1, -0.05) is 55.5 Å². The number of nitrogens with zero attached hydrogens (tertiary/aromatic N) is 1. The van der Waals surface area contributed by atoms with Crippen LogP contribution >= 0.6 is 0 Å². The van der Waals surface area contributed by atoms with Gasteiger partial charge in [0.05, 0.1) is 16.6 Å². The van der Waals surface area contributed by atoms with E-state index in [1.165, 1.54) is 12.3 Å². The minimum absolute atomic E-state index is 0.193. The number of aromatic amines is 1. The standard InChI is InChI=1S/C33H28N2O5S/c1-3-30(24-6-4-7-27(19-24)40-28-8-5-9-29(20-28)41(2,38)39)33(25-15-16-31-26(18-25)21-34-35-31)23-13-10-22(11-14-23)12-17-32(36)37/h4-21H,3H2,1-2H3,(H,34,35)(H,36,37). The molecule has 4 aromatic carbocycles. The fourth-order valence-corrected chi connectivity index (χ4v) is 5.37. The normalized spacial score (nSPS) is 12.4. The Bertz CT molecular complexity index is 1900. The van der Waals surface area contributed by atoms with E-state index in [0.717, 1.165) is 50.4 Å². The van der Waals surface area contributed by atoms with E-state index in [4.69, 9.17) is 9.84 Å². The Labute approximate surface area is 238 Å². The molecule has 2 N–H and O–H groups in total. The summed E-state index contributed by atoms with van der Waals surface area (Å²) < 4.78 is 30.1. The lowest BCUT2D eigenvalue weighted by molar-refractivity contribution is -0.131. The predicted molar refractivity (Wildman–Crippen MR) is 161 cm³/mol. The number of fused-ring (bicyclic) bond motifs is 1. The Hall–Kier alpha value is -4.95. The van der Waals surface area contributed by atoms with Gasteiger partial charge in [-0.25, -0.2) is 13.2 Å². The Morgan fingerprint density at radius 3 is 2.32 bits per heavy atom. The molecule has 0 amide bonds. The second-order valence-electron chi connectivity index (χ2n) is 9.55. The van der Waals surface area contributed by atoms with Crippen LogP contribution in [0.1, 0.15) is 35.6 Å². The first-order valence-corrected chi connectivity index (χ1v) is 14.9. The van der Waals surface area contributed by atoms with Gasteiger partial charge < -0.3 is 9.84 Å². The second kappa shape index (κ2) is 11.7. The molecule has 206 valence electrons. The number of H-pyrrole nitrogens is 1. The van der Waals surface area contributed by atoms with E-state index >= 15 is 0 Å². The summed E-state index contributed by atoms with van der Waals surface area (Å²) in [5.74, 6) is 0.0159. The molecular formula is C33H28N2O5S. The largest absolute Gasteiger partial charge is 0.478 e. The summed E-state index contributed by atoms with van der Waals surface area (Å²) >= 11 is 0. The summed E-state index contributed by atoms with van der Waals surface area (Å²) in [7, 11) is -3.37. The monoisotopic (exact) mass is 564 g/mol. The SMILES string of the molecule is CCC(=C(c1ccc(C=CC(=O)O)cc1)c1ccc2[nH]ncc2c1)c1cccc(Oc2cccc(S(C)(=O)=O)c2)c1. The molecule has 0 aliphatic rings.